The molecule has 0 saturated carbocycles. The van der Waals surface area contributed by atoms with Gasteiger partial charge in [-0.15, -0.1) is 0 Å². The topological polar surface area (TPSA) is 75.6 Å². The lowest BCUT2D eigenvalue weighted by Gasteiger charge is -2.14. The predicted octanol–water partition coefficient (Wildman–Crippen LogP) is 0.957. The van der Waals surface area contributed by atoms with Gasteiger partial charge in [0.2, 0.25) is 10.0 Å². The van der Waals surface area contributed by atoms with Gasteiger partial charge in [-0.3, -0.25) is 4.72 Å². The van der Waals surface area contributed by atoms with E-state index in [1.54, 1.807) is 0 Å². The van der Waals surface area contributed by atoms with Gasteiger partial charge in [-0.05, 0) is 19.1 Å². The molecule has 0 amide bonds. The number of methoxy groups -OCH3 is 1. The number of hydrogen-bond donors (Lipinski definition) is 2. The summed E-state index contributed by atoms with van der Waals surface area (Å²) in [5.41, 5.74) is 0.134. The summed E-state index contributed by atoms with van der Waals surface area (Å²) in [6.45, 7) is 0.858. The Bertz CT molecular complexity index is 489. The van der Waals surface area contributed by atoms with Crippen LogP contribution in [-0.4, -0.2) is 32.5 Å². The first-order valence-corrected chi connectivity index (χ1v) is 6.41. The van der Waals surface area contributed by atoms with Crippen LogP contribution in [0, 0.1) is 5.82 Å². The van der Waals surface area contributed by atoms with Crippen molar-refractivity contribution in [3.63, 3.8) is 0 Å². The molecule has 0 bridgehead atoms. The summed E-state index contributed by atoms with van der Waals surface area (Å²) in [4.78, 5) is 0. The van der Waals surface area contributed by atoms with Crippen LogP contribution in [0.15, 0.2) is 18.2 Å². The van der Waals surface area contributed by atoms with Crippen LogP contribution in [0.1, 0.15) is 6.92 Å². The third-order valence-electron chi connectivity index (χ3n) is 2.20. The Morgan fingerprint density at radius 2 is 2.18 bits per heavy atom. The van der Waals surface area contributed by atoms with Gasteiger partial charge in [0.05, 0.1) is 19.4 Å². The zero-order chi connectivity index (χ0) is 13.1. The number of aliphatic hydroxyl groups excluding tert-OH is 1. The molecule has 1 aromatic rings. The van der Waals surface area contributed by atoms with E-state index in [4.69, 9.17) is 9.84 Å². The SMILES string of the molecule is COc1cc(F)ccc1NS(=O)(=O)C(C)CO. The van der Waals surface area contributed by atoms with Crippen molar-refractivity contribution in [2.24, 2.45) is 0 Å². The molecule has 7 heteroatoms. The summed E-state index contributed by atoms with van der Waals surface area (Å²) in [5.74, 6) is -0.446. The van der Waals surface area contributed by atoms with Crippen molar-refractivity contribution in [3.05, 3.63) is 24.0 Å². The fraction of sp³-hybridized carbons (Fsp3) is 0.400. The van der Waals surface area contributed by atoms with Crippen LogP contribution in [0.4, 0.5) is 10.1 Å². The highest BCUT2D eigenvalue weighted by molar-refractivity contribution is 7.93. The number of benzene rings is 1. The molecule has 5 nitrogen and oxygen atoms in total. The molecule has 1 rings (SSSR count). The Hall–Kier alpha value is -1.34. The van der Waals surface area contributed by atoms with E-state index in [0.717, 1.165) is 12.1 Å². The summed E-state index contributed by atoms with van der Waals surface area (Å²) in [5, 5.41) is 7.85. The predicted molar refractivity (Wildman–Crippen MR) is 62.0 cm³/mol. The standard InChI is InChI=1S/C10H14FNO4S/c1-7(6-13)17(14,15)12-9-4-3-8(11)5-10(9)16-2/h3-5,7,12-13H,6H2,1-2H3. The molecule has 2 N–H and O–H groups in total. The molecule has 1 unspecified atom stereocenters. The first-order chi connectivity index (χ1) is 7.90. The summed E-state index contributed by atoms with van der Waals surface area (Å²) in [6, 6.07) is 3.45. The lowest BCUT2D eigenvalue weighted by atomic mass is 10.3. The number of aliphatic hydroxyl groups is 1. The number of hydrogen-bond acceptors (Lipinski definition) is 4. The second-order valence-corrected chi connectivity index (χ2v) is 5.58. The molecular weight excluding hydrogens is 249 g/mol. The monoisotopic (exact) mass is 263 g/mol. The number of ether oxygens (including phenoxy) is 1. The molecule has 0 fully saturated rings. The number of rotatable bonds is 5. The van der Waals surface area contributed by atoms with Crippen LogP contribution in [0.2, 0.25) is 0 Å². The number of sulfonamides is 1. The van der Waals surface area contributed by atoms with E-state index in [0.29, 0.717) is 0 Å². The zero-order valence-electron chi connectivity index (χ0n) is 9.47. The molecule has 0 aliphatic carbocycles. The van der Waals surface area contributed by atoms with Crippen molar-refractivity contribution in [2.75, 3.05) is 18.4 Å². The van der Waals surface area contributed by atoms with Gasteiger partial charge in [0.15, 0.2) is 0 Å². The van der Waals surface area contributed by atoms with Crippen LogP contribution >= 0.6 is 0 Å². The maximum atomic E-state index is 12.9. The average molecular weight is 263 g/mol. The van der Waals surface area contributed by atoms with E-state index in [9.17, 15) is 12.8 Å². The first kappa shape index (κ1) is 13.7. The summed E-state index contributed by atoms with van der Waals surface area (Å²) < 4.78 is 43.3. The van der Waals surface area contributed by atoms with E-state index < -0.39 is 27.7 Å². The molecule has 0 aliphatic heterocycles. The molecule has 0 heterocycles. The molecular formula is C10H14FNO4S. The van der Waals surface area contributed by atoms with Gasteiger partial charge in [0.25, 0.3) is 0 Å². The van der Waals surface area contributed by atoms with Gasteiger partial charge in [0, 0.05) is 6.07 Å². The highest BCUT2D eigenvalue weighted by Gasteiger charge is 2.21. The van der Waals surface area contributed by atoms with E-state index in [2.05, 4.69) is 4.72 Å². The highest BCUT2D eigenvalue weighted by Crippen LogP contribution is 2.26. The molecule has 1 aromatic carbocycles. The van der Waals surface area contributed by atoms with Crippen molar-refractivity contribution in [1.29, 1.82) is 0 Å². The van der Waals surface area contributed by atoms with Crippen molar-refractivity contribution in [1.82, 2.24) is 0 Å². The highest BCUT2D eigenvalue weighted by atomic mass is 32.2. The van der Waals surface area contributed by atoms with Crippen molar-refractivity contribution in [3.8, 4) is 5.75 Å². The Labute approximate surface area is 99.3 Å². The van der Waals surface area contributed by atoms with E-state index in [1.165, 1.54) is 20.1 Å². The molecule has 1 atom stereocenters. The van der Waals surface area contributed by atoms with Gasteiger partial charge in [-0.25, -0.2) is 12.8 Å². The number of nitrogens with one attached hydrogen (secondary N) is 1. The van der Waals surface area contributed by atoms with E-state index in [1.807, 2.05) is 0 Å². The maximum absolute atomic E-state index is 12.9. The molecule has 0 spiro atoms. The summed E-state index contributed by atoms with van der Waals surface area (Å²) in [7, 11) is -2.40. The molecule has 0 saturated heterocycles. The summed E-state index contributed by atoms with van der Waals surface area (Å²) >= 11 is 0. The third-order valence-corrected chi connectivity index (χ3v) is 3.92. The van der Waals surface area contributed by atoms with Gasteiger partial charge in [-0.1, -0.05) is 0 Å². The quantitative estimate of drug-likeness (QED) is 0.829. The first-order valence-electron chi connectivity index (χ1n) is 4.86. The van der Waals surface area contributed by atoms with Crippen LogP contribution < -0.4 is 9.46 Å². The van der Waals surface area contributed by atoms with Crippen LogP contribution in [0.5, 0.6) is 5.75 Å². The van der Waals surface area contributed by atoms with Crippen LogP contribution in [0.3, 0.4) is 0 Å². The lowest BCUT2D eigenvalue weighted by molar-refractivity contribution is 0.296. The molecule has 0 radical (unpaired) electrons. The van der Waals surface area contributed by atoms with Crippen LogP contribution in [-0.2, 0) is 10.0 Å². The minimum atomic E-state index is -3.71. The lowest BCUT2D eigenvalue weighted by Crippen LogP contribution is -2.28. The molecule has 0 aromatic heterocycles. The minimum absolute atomic E-state index is 0.0821. The van der Waals surface area contributed by atoms with Crippen molar-refractivity contribution in [2.45, 2.75) is 12.2 Å². The van der Waals surface area contributed by atoms with Gasteiger partial charge in [0.1, 0.15) is 16.8 Å². The maximum Gasteiger partial charge on any atom is 0.237 e. The number of halogens is 1. The second-order valence-electron chi connectivity index (χ2n) is 3.48. The normalized spacial score (nSPS) is 13.2. The molecule has 17 heavy (non-hydrogen) atoms. The smallest absolute Gasteiger partial charge is 0.237 e. The van der Waals surface area contributed by atoms with E-state index >= 15 is 0 Å². The largest absolute Gasteiger partial charge is 0.494 e. The van der Waals surface area contributed by atoms with Gasteiger partial charge < -0.3 is 9.84 Å². The van der Waals surface area contributed by atoms with E-state index in [-0.39, 0.29) is 11.4 Å². The third kappa shape index (κ3) is 3.31. The fourth-order valence-electron chi connectivity index (χ4n) is 1.10. The Morgan fingerprint density at radius 3 is 2.71 bits per heavy atom. The Balaban J connectivity index is 3.03. The average Bonchev–Trinajstić information content (AvgIpc) is 2.30. The molecule has 0 aliphatic rings. The van der Waals surface area contributed by atoms with Crippen molar-refractivity contribution >= 4 is 15.7 Å². The number of anilines is 1. The van der Waals surface area contributed by atoms with Gasteiger partial charge >= 0.3 is 0 Å². The zero-order valence-corrected chi connectivity index (χ0v) is 10.3. The minimum Gasteiger partial charge on any atom is -0.494 e. The molecule has 96 valence electrons. The van der Waals surface area contributed by atoms with Crippen LogP contribution in [0.25, 0.3) is 0 Å². The second kappa shape index (κ2) is 5.33. The Kier molecular flexibility index (Phi) is 4.30. The Morgan fingerprint density at radius 1 is 1.53 bits per heavy atom. The van der Waals surface area contributed by atoms with Crippen molar-refractivity contribution < 1.29 is 22.7 Å². The summed E-state index contributed by atoms with van der Waals surface area (Å²) in [6.07, 6.45) is 0. The fourth-order valence-corrected chi connectivity index (χ4v) is 1.97. The van der Waals surface area contributed by atoms with Gasteiger partial charge in [-0.2, -0.15) is 0 Å².